The third-order valence-electron chi connectivity index (χ3n) is 3.42. The second-order valence-corrected chi connectivity index (χ2v) is 8.16. The molecule has 0 saturated heterocycles. The van der Waals surface area contributed by atoms with Gasteiger partial charge < -0.3 is 11.1 Å². The number of benzene rings is 1. The number of thiophene rings is 1. The number of rotatable bonds is 2. The van der Waals surface area contributed by atoms with Gasteiger partial charge in [0, 0.05) is 15.1 Å². The molecule has 2 aromatic rings. The van der Waals surface area contributed by atoms with Crippen molar-refractivity contribution in [3.63, 3.8) is 0 Å². The summed E-state index contributed by atoms with van der Waals surface area (Å²) in [6.45, 7) is 1.94. The topological polar surface area (TPSA) is 55.1 Å². The van der Waals surface area contributed by atoms with E-state index in [9.17, 15) is 4.79 Å². The van der Waals surface area contributed by atoms with E-state index in [1.807, 2.05) is 30.8 Å². The first-order chi connectivity index (χ1) is 10.0. The lowest BCUT2D eigenvalue weighted by molar-refractivity contribution is 0.103. The number of halogens is 1. The van der Waals surface area contributed by atoms with Crippen LogP contribution in [0.5, 0.6) is 0 Å². The first kappa shape index (κ1) is 14.9. The minimum Gasteiger partial charge on any atom is -0.397 e. The lowest BCUT2D eigenvalue weighted by atomic mass is 10.1. The molecular weight excluding hydrogens is 368 g/mol. The Morgan fingerprint density at radius 2 is 2.19 bits per heavy atom. The van der Waals surface area contributed by atoms with Crippen molar-refractivity contribution in [1.82, 2.24) is 0 Å². The normalized spacial score (nSPS) is 13.8. The van der Waals surface area contributed by atoms with Gasteiger partial charge in [0.15, 0.2) is 0 Å². The molecular formula is C15H15BrN2OS2. The summed E-state index contributed by atoms with van der Waals surface area (Å²) in [4.78, 5) is 14.6. The first-order valence-corrected chi connectivity index (χ1v) is 9.37. The van der Waals surface area contributed by atoms with E-state index >= 15 is 0 Å². The van der Waals surface area contributed by atoms with Crippen LogP contribution >= 0.6 is 39.0 Å². The molecule has 1 aliphatic heterocycles. The molecule has 2 heterocycles. The van der Waals surface area contributed by atoms with Crippen LogP contribution in [0.2, 0.25) is 0 Å². The van der Waals surface area contributed by atoms with E-state index in [-0.39, 0.29) is 5.91 Å². The summed E-state index contributed by atoms with van der Waals surface area (Å²) in [6, 6.07) is 5.77. The van der Waals surface area contributed by atoms with Crippen LogP contribution < -0.4 is 11.1 Å². The second-order valence-electron chi connectivity index (χ2n) is 5.00. The van der Waals surface area contributed by atoms with Crippen LogP contribution in [0.4, 0.5) is 11.4 Å². The molecule has 0 spiro atoms. The number of thioether (sulfide) groups is 1. The standard InChI is InChI=1S/C15H15BrN2OS2/c1-8-4-10(16)6-11(17)14(8)18-15(19)13-5-9-7-20-3-2-12(9)21-13/h4-6H,2-3,7,17H2,1H3,(H,18,19). The van der Waals surface area contributed by atoms with Crippen molar-refractivity contribution >= 4 is 56.3 Å². The quantitative estimate of drug-likeness (QED) is 0.754. The van der Waals surface area contributed by atoms with E-state index in [2.05, 4.69) is 21.2 Å². The van der Waals surface area contributed by atoms with Gasteiger partial charge in [-0.1, -0.05) is 15.9 Å². The Labute approximate surface area is 140 Å². The van der Waals surface area contributed by atoms with Gasteiger partial charge in [0.1, 0.15) is 0 Å². The molecule has 1 aromatic carbocycles. The summed E-state index contributed by atoms with van der Waals surface area (Å²) in [7, 11) is 0. The number of carbonyl (C=O) groups excluding carboxylic acids is 1. The number of aryl methyl sites for hydroxylation is 2. The monoisotopic (exact) mass is 382 g/mol. The Kier molecular flexibility index (Phi) is 4.28. The Hall–Kier alpha value is -0.980. The molecule has 1 aliphatic rings. The van der Waals surface area contributed by atoms with Crippen LogP contribution in [0.25, 0.3) is 0 Å². The number of anilines is 2. The zero-order valence-electron chi connectivity index (χ0n) is 11.5. The van der Waals surface area contributed by atoms with Crippen molar-refractivity contribution in [1.29, 1.82) is 0 Å². The Morgan fingerprint density at radius 3 is 2.90 bits per heavy atom. The largest absolute Gasteiger partial charge is 0.397 e. The van der Waals surface area contributed by atoms with Gasteiger partial charge in [0.2, 0.25) is 0 Å². The fraction of sp³-hybridized carbons (Fsp3) is 0.267. The highest BCUT2D eigenvalue weighted by Crippen LogP contribution is 2.33. The molecule has 110 valence electrons. The van der Waals surface area contributed by atoms with Crippen LogP contribution in [0.1, 0.15) is 25.7 Å². The van der Waals surface area contributed by atoms with Gasteiger partial charge in [-0.2, -0.15) is 11.8 Å². The number of carbonyl (C=O) groups is 1. The number of amides is 1. The maximum Gasteiger partial charge on any atom is 0.265 e. The second kappa shape index (κ2) is 6.02. The summed E-state index contributed by atoms with van der Waals surface area (Å²) in [5.74, 6) is 2.09. The Morgan fingerprint density at radius 1 is 1.38 bits per heavy atom. The van der Waals surface area contributed by atoms with Crippen LogP contribution in [-0.4, -0.2) is 11.7 Å². The predicted molar refractivity (Wildman–Crippen MR) is 95.4 cm³/mol. The van der Waals surface area contributed by atoms with E-state index in [4.69, 9.17) is 5.73 Å². The zero-order valence-corrected chi connectivity index (χ0v) is 14.8. The third kappa shape index (κ3) is 3.12. The summed E-state index contributed by atoms with van der Waals surface area (Å²) in [5, 5.41) is 2.95. The summed E-state index contributed by atoms with van der Waals surface area (Å²) >= 11 is 6.93. The molecule has 0 atom stereocenters. The van der Waals surface area contributed by atoms with Crippen molar-refractivity contribution in [3.05, 3.63) is 43.6 Å². The molecule has 1 aromatic heterocycles. The van der Waals surface area contributed by atoms with E-state index in [0.717, 1.165) is 32.8 Å². The molecule has 3 N–H and O–H groups in total. The highest BCUT2D eigenvalue weighted by Gasteiger charge is 2.18. The fourth-order valence-corrected chi connectivity index (χ4v) is 5.23. The van der Waals surface area contributed by atoms with Crippen molar-refractivity contribution in [2.24, 2.45) is 0 Å². The fourth-order valence-electron chi connectivity index (χ4n) is 2.37. The van der Waals surface area contributed by atoms with E-state index < -0.39 is 0 Å². The number of hydrogen-bond acceptors (Lipinski definition) is 4. The van der Waals surface area contributed by atoms with Gasteiger partial charge in [0.05, 0.1) is 16.3 Å². The number of nitrogen functional groups attached to an aromatic ring is 1. The molecule has 21 heavy (non-hydrogen) atoms. The SMILES string of the molecule is Cc1cc(Br)cc(N)c1NC(=O)c1cc2c(s1)CCSC2. The smallest absolute Gasteiger partial charge is 0.265 e. The van der Waals surface area contributed by atoms with E-state index in [1.165, 1.54) is 10.4 Å². The summed E-state index contributed by atoms with van der Waals surface area (Å²) in [5.41, 5.74) is 9.53. The van der Waals surface area contributed by atoms with Crippen LogP contribution in [-0.2, 0) is 12.2 Å². The molecule has 0 unspecified atom stereocenters. The van der Waals surface area contributed by atoms with Gasteiger partial charge in [-0.25, -0.2) is 0 Å². The summed E-state index contributed by atoms with van der Waals surface area (Å²) in [6.07, 6.45) is 1.07. The molecule has 0 fully saturated rings. The zero-order chi connectivity index (χ0) is 15.0. The van der Waals surface area contributed by atoms with E-state index in [0.29, 0.717) is 11.4 Å². The predicted octanol–water partition coefficient (Wildman–Crippen LogP) is 4.44. The molecule has 3 rings (SSSR count). The lowest BCUT2D eigenvalue weighted by Gasteiger charge is -2.11. The molecule has 1 amide bonds. The minimum absolute atomic E-state index is 0.0727. The van der Waals surface area contributed by atoms with Crippen molar-refractivity contribution < 1.29 is 4.79 Å². The van der Waals surface area contributed by atoms with Gasteiger partial charge >= 0.3 is 0 Å². The molecule has 0 saturated carbocycles. The lowest BCUT2D eigenvalue weighted by Crippen LogP contribution is -2.13. The third-order valence-corrected chi connectivity index (χ3v) is 6.12. The first-order valence-electron chi connectivity index (χ1n) is 6.61. The van der Waals surface area contributed by atoms with Crippen molar-refractivity contribution in [2.45, 2.75) is 19.1 Å². The van der Waals surface area contributed by atoms with E-state index in [1.54, 1.807) is 17.4 Å². The average molecular weight is 383 g/mol. The minimum atomic E-state index is -0.0727. The molecule has 0 bridgehead atoms. The Balaban J connectivity index is 1.85. The number of nitrogens with one attached hydrogen (secondary N) is 1. The van der Waals surface area contributed by atoms with Crippen molar-refractivity contribution in [2.75, 3.05) is 16.8 Å². The van der Waals surface area contributed by atoms with Crippen LogP contribution in [0, 0.1) is 6.92 Å². The highest BCUT2D eigenvalue weighted by atomic mass is 79.9. The van der Waals surface area contributed by atoms with Crippen LogP contribution in [0.3, 0.4) is 0 Å². The average Bonchev–Trinajstić information content (AvgIpc) is 2.86. The van der Waals surface area contributed by atoms with Gasteiger partial charge in [-0.3, -0.25) is 4.79 Å². The van der Waals surface area contributed by atoms with Crippen molar-refractivity contribution in [3.8, 4) is 0 Å². The summed E-state index contributed by atoms with van der Waals surface area (Å²) < 4.78 is 0.916. The molecule has 3 nitrogen and oxygen atoms in total. The van der Waals surface area contributed by atoms with Gasteiger partial charge in [-0.15, -0.1) is 11.3 Å². The molecule has 0 radical (unpaired) electrons. The number of hydrogen-bond donors (Lipinski definition) is 2. The molecule has 0 aliphatic carbocycles. The molecule has 6 heteroatoms. The maximum atomic E-state index is 12.4. The maximum absolute atomic E-state index is 12.4. The number of fused-ring (bicyclic) bond motifs is 1. The van der Waals surface area contributed by atoms with Gasteiger partial charge in [-0.05, 0) is 48.4 Å². The van der Waals surface area contributed by atoms with Crippen LogP contribution in [0.15, 0.2) is 22.7 Å². The Bertz CT molecular complexity index is 665. The highest BCUT2D eigenvalue weighted by molar-refractivity contribution is 9.10. The van der Waals surface area contributed by atoms with Gasteiger partial charge in [0.25, 0.3) is 5.91 Å². The number of nitrogens with two attached hydrogens (primary N) is 1.